The predicted octanol–water partition coefficient (Wildman–Crippen LogP) is 4.53. The zero-order valence-electron chi connectivity index (χ0n) is 18.2. The van der Waals surface area contributed by atoms with Gasteiger partial charge in [-0.3, -0.25) is 0 Å². The molecule has 0 aliphatic heterocycles. The zero-order valence-corrected chi connectivity index (χ0v) is 18.2. The minimum absolute atomic E-state index is 0.115. The van der Waals surface area contributed by atoms with Crippen molar-refractivity contribution in [3.63, 3.8) is 0 Å². The second-order valence-electron chi connectivity index (χ2n) is 7.47. The topological polar surface area (TPSA) is 78.4 Å². The summed E-state index contributed by atoms with van der Waals surface area (Å²) in [6.45, 7) is 9.71. The average Bonchev–Trinajstić information content (AvgIpc) is 2.72. The molecule has 0 bridgehead atoms. The van der Waals surface area contributed by atoms with E-state index in [-0.39, 0.29) is 5.41 Å². The predicted molar refractivity (Wildman–Crippen MR) is 117 cm³/mol. The zero-order chi connectivity index (χ0) is 22.0. The van der Waals surface area contributed by atoms with Crippen LogP contribution in [-0.2, 0) is 10.2 Å². The molecule has 2 aromatic rings. The van der Waals surface area contributed by atoms with Crippen LogP contribution in [-0.4, -0.2) is 39.2 Å². The molecular formula is C23H30N2O5. The first kappa shape index (κ1) is 23.1. The standard InChI is InChI=1S/C23H30N2O5/c1-6-28-21-15-17(16-24-25-22(26)27-5)7-12-20(21)30-14-13-29-19-10-8-18(9-11-19)23(2,3)4/h7-12,15-16H,6,13-14H2,1-5H3,(H,25,26)/b24-16+. The third-order valence-electron chi connectivity index (χ3n) is 4.15. The molecule has 2 rings (SSSR count). The number of benzene rings is 2. The highest BCUT2D eigenvalue weighted by Gasteiger charge is 2.13. The van der Waals surface area contributed by atoms with Gasteiger partial charge >= 0.3 is 6.09 Å². The molecule has 0 heterocycles. The Bertz CT molecular complexity index is 842. The highest BCUT2D eigenvalue weighted by Crippen LogP contribution is 2.28. The third-order valence-corrected chi connectivity index (χ3v) is 4.15. The summed E-state index contributed by atoms with van der Waals surface area (Å²) in [6.07, 6.45) is 0.859. The quantitative estimate of drug-likeness (QED) is 0.370. The summed E-state index contributed by atoms with van der Waals surface area (Å²) in [4.78, 5) is 11.0. The van der Waals surface area contributed by atoms with E-state index in [1.165, 1.54) is 18.9 Å². The first-order valence-electron chi connectivity index (χ1n) is 9.83. The van der Waals surface area contributed by atoms with Crippen LogP contribution >= 0.6 is 0 Å². The summed E-state index contributed by atoms with van der Waals surface area (Å²) < 4.78 is 21.7. The minimum Gasteiger partial charge on any atom is -0.490 e. The number of hydrazone groups is 1. The van der Waals surface area contributed by atoms with Crippen LogP contribution in [0.4, 0.5) is 4.79 Å². The molecule has 0 aliphatic carbocycles. The van der Waals surface area contributed by atoms with Gasteiger partial charge in [-0.15, -0.1) is 0 Å². The van der Waals surface area contributed by atoms with Gasteiger partial charge < -0.3 is 18.9 Å². The Kier molecular flexibility index (Phi) is 8.53. The van der Waals surface area contributed by atoms with Gasteiger partial charge in [0.25, 0.3) is 0 Å². The van der Waals surface area contributed by atoms with Gasteiger partial charge in [0.05, 0.1) is 19.9 Å². The van der Waals surface area contributed by atoms with Crippen molar-refractivity contribution < 1.29 is 23.7 Å². The van der Waals surface area contributed by atoms with Gasteiger partial charge in [0.15, 0.2) is 11.5 Å². The molecule has 0 fully saturated rings. The van der Waals surface area contributed by atoms with Crippen LogP contribution in [0.1, 0.15) is 38.8 Å². The molecule has 1 N–H and O–H groups in total. The molecule has 30 heavy (non-hydrogen) atoms. The smallest absolute Gasteiger partial charge is 0.427 e. The van der Waals surface area contributed by atoms with Crippen LogP contribution in [0, 0.1) is 0 Å². The van der Waals surface area contributed by atoms with Crippen LogP contribution in [0.15, 0.2) is 47.6 Å². The highest BCUT2D eigenvalue weighted by molar-refractivity contribution is 5.82. The number of hydrogen-bond acceptors (Lipinski definition) is 6. The van der Waals surface area contributed by atoms with Crippen molar-refractivity contribution in [2.45, 2.75) is 33.1 Å². The van der Waals surface area contributed by atoms with Crippen molar-refractivity contribution >= 4 is 12.3 Å². The number of amides is 1. The summed E-state index contributed by atoms with van der Waals surface area (Å²) in [6, 6.07) is 13.5. The van der Waals surface area contributed by atoms with Gasteiger partial charge in [0.2, 0.25) is 0 Å². The molecule has 7 heteroatoms. The van der Waals surface area contributed by atoms with Crippen LogP contribution < -0.4 is 19.6 Å². The summed E-state index contributed by atoms with van der Waals surface area (Å²) in [5.41, 5.74) is 4.36. The summed E-state index contributed by atoms with van der Waals surface area (Å²) in [7, 11) is 1.27. The first-order chi connectivity index (χ1) is 14.3. The number of hydrogen-bond donors (Lipinski definition) is 1. The molecule has 0 saturated heterocycles. The number of carbonyl (C=O) groups excluding carboxylic acids is 1. The van der Waals surface area contributed by atoms with Crippen LogP contribution in [0.25, 0.3) is 0 Å². The van der Waals surface area contributed by atoms with E-state index in [2.05, 4.69) is 48.2 Å². The number of rotatable bonds is 9. The van der Waals surface area contributed by atoms with Gasteiger partial charge in [-0.2, -0.15) is 5.10 Å². The average molecular weight is 415 g/mol. The molecule has 0 spiro atoms. The molecule has 7 nitrogen and oxygen atoms in total. The third kappa shape index (κ3) is 7.31. The Hall–Kier alpha value is -3.22. The fraction of sp³-hybridized carbons (Fsp3) is 0.391. The van der Waals surface area contributed by atoms with E-state index < -0.39 is 6.09 Å². The lowest BCUT2D eigenvalue weighted by Gasteiger charge is -2.19. The van der Waals surface area contributed by atoms with E-state index in [1.54, 1.807) is 12.1 Å². The molecule has 162 valence electrons. The maximum absolute atomic E-state index is 11.0. The number of nitrogens with one attached hydrogen (secondary N) is 1. The van der Waals surface area contributed by atoms with Gasteiger partial charge in [0, 0.05) is 0 Å². The Balaban J connectivity index is 1.90. The monoisotopic (exact) mass is 414 g/mol. The summed E-state index contributed by atoms with van der Waals surface area (Å²) in [5, 5.41) is 3.81. The van der Waals surface area contributed by atoms with Crippen molar-refractivity contribution in [2.75, 3.05) is 26.9 Å². The number of methoxy groups -OCH3 is 1. The van der Waals surface area contributed by atoms with E-state index in [0.29, 0.717) is 31.3 Å². The Morgan fingerprint density at radius 1 is 1.00 bits per heavy atom. The fourth-order valence-electron chi connectivity index (χ4n) is 2.56. The van der Waals surface area contributed by atoms with Gasteiger partial charge in [-0.1, -0.05) is 32.9 Å². The molecule has 0 aromatic heterocycles. The minimum atomic E-state index is -0.635. The SMILES string of the molecule is CCOc1cc(/C=N/NC(=O)OC)ccc1OCCOc1ccc(C(C)(C)C)cc1. The van der Waals surface area contributed by atoms with Gasteiger partial charge in [0.1, 0.15) is 19.0 Å². The van der Waals surface area contributed by atoms with Crippen LogP contribution in [0.3, 0.4) is 0 Å². The van der Waals surface area contributed by atoms with Crippen molar-refractivity contribution in [1.29, 1.82) is 0 Å². The van der Waals surface area contributed by atoms with Crippen molar-refractivity contribution in [3.8, 4) is 17.2 Å². The van der Waals surface area contributed by atoms with E-state index in [1.807, 2.05) is 25.1 Å². The van der Waals surface area contributed by atoms with Crippen molar-refractivity contribution in [2.24, 2.45) is 5.10 Å². The number of carbonyl (C=O) groups is 1. The van der Waals surface area contributed by atoms with Gasteiger partial charge in [-0.25, -0.2) is 10.2 Å². The molecule has 0 radical (unpaired) electrons. The molecule has 0 atom stereocenters. The second-order valence-corrected chi connectivity index (χ2v) is 7.47. The lowest BCUT2D eigenvalue weighted by Crippen LogP contribution is -2.16. The fourth-order valence-corrected chi connectivity index (χ4v) is 2.56. The first-order valence-corrected chi connectivity index (χ1v) is 9.83. The molecular weight excluding hydrogens is 384 g/mol. The van der Waals surface area contributed by atoms with Gasteiger partial charge in [-0.05, 0) is 53.8 Å². The normalized spacial score (nSPS) is 11.2. The van der Waals surface area contributed by atoms with E-state index >= 15 is 0 Å². The van der Waals surface area contributed by atoms with E-state index in [9.17, 15) is 4.79 Å². The van der Waals surface area contributed by atoms with E-state index in [4.69, 9.17) is 14.2 Å². The maximum atomic E-state index is 11.0. The summed E-state index contributed by atoms with van der Waals surface area (Å²) in [5.74, 6) is 2.01. The second kappa shape index (κ2) is 11.1. The Morgan fingerprint density at radius 3 is 2.33 bits per heavy atom. The van der Waals surface area contributed by atoms with E-state index in [0.717, 1.165) is 11.3 Å². The molecule has 0 aliphatic rings. The number of nitrogens with zero attached hydrogens (tertiary/aromatic N) is 1. The molecule has 1 amide bonds. The Morgan fingerprint density at radius 2 is 1.70 bits per heavy atom. The molecule has 0 unspecified atom stereocenters. The molecule has 2 aromatic carbocycles. The highest BCUT2D eigenvalue weighted by atomic mass is 16.5. The Labute approximate surface area is 178 Å². The molecule has 0 saturated carbocycles. The summed E-state index contributed by atoms with van der Waals surface area (Å²) >= 11 is 0. The van der Waals surface area contributed by atoms with Crippen molar-refractivity contribution in [1.82, 2.24) is 5.43 Å². The lowest BCUT2D eigenvalue weighted by atomic mass is 9.87. The van der Waals surface area contributed by atoms with Crippen molar-refractivity contribution in [3.05, 3.63) is 53.6 Å². The van der Waals surface area contributed by atoms with Crippen LogP contribution in [0.2, 0.25) is 0 Å². The van der Waals surface area contributed by atoms with Crippen LogP contribution in [0.5, 0.6) is 17.2 Å². The largest absolute Gasteiger partial charge is 0.490 e. The lowest BCUT2D eigenvalue weighted by molar-refractivity contribution is 0.171. The number of ether oxygens (including phenoxy) is 4. The maximum Gasteiger partial charge on any atom is 0.427 e.